The van der Waals surface area contributed by atoms with Crippen molar-refractivity contribution in [2.24, 2.45) is 0 Å². The van der Waals surface area contributed by atoms with Gasteiger partial charge in [0.05, 0.1) is 59.4 Å². The lowest BCUT2D eigenvalue weighted by Gasteiger charge is -2.26. The molecule has 0 spiro atoms. The number of allylic oxidation sites excluding steroid dienone is 1. The normalized spacial score (nSPS) is 10.7. The molecule has 0 saturated heterocycles. The van der Waals surface area contributed by atoms with Crippen LogP contribution in [0.1, 0.15) is 0 Å². The number of nitrogens with one attached hydrogen (secondary N) is 3. The summed E-state index contributed by atoms with van der Waals surface area (Å²) in [7, 11) is 15.3. The highest BCUT2D eigenvalue weighted by Crippen LogP contribution is 2.39. The molecule has 4 heterocycles. The largest absolute Gasteiger partial charge is 0.494 e. The number of amides is 1. The van der Waals surface area contributed by atoms with Gasteiger partial charge in [-0.05, 0) is 88.3 Å². The summed E-state index contributed by atoms with van der Waals surface area (Å²) >= 11 is 4.71. The van der Waals surface area contributed by atoms with Crippen LogP contribution in [0.25, 0.3) is 33.7 Å². The second-order valence-corrected chi connectivity index (χ2v) is 16.9. The molecule has 5 N–H and O–H groups in total. The quantitative estimate of drug-likeness (QED) is 0.0381. The highest BCUT2D eigenvalue weighted by atomic mass is 35.5. The molecule has 0 saturated carbocycles. The standard InChI is InChI=1S/C25H29N9O2.C22H27N9O.C3H3ClO/c1-6-24(35)27-18-15-19(22(36-5)16-21(18)33(4)14-13-32(2)3)28-25-26-12-11-23(29-25)34-20-10-8-7-9-17(20)30-31-34;1-29(2)11-12-30(3)19-14-20(32-4)17(13-15(19)23)25-22-24-10-9-21(26-22)31-18-8-6-5-7-16(18)27-28-31;1-2-3(4)5/h6-12,15-16H,1,13-14H2,2-5H3,(H,27,35)(H,26,28,29);5-10,13-14H,11-12,23H2,1-4H3,(H,24,25,26);2H,1H2. The number of likely N-dealkylation sites (N-methyl/N-ethyl adjacent to an activating group) is 4. The van der Waals surface area contributed by atoms with Gasteiger partial charge in [-0.25, -0.2) is 9.97 Å². The Hall–Kier alpha value is -8.73. The lowest BCUT2D eigenvalue weighted by molar-refractivity contribution is -0.112. The molecule has 0 fully saturated rings. The number of nitrogens with two attached hydrogens (primary N) is 1. The summed E-state index contributed by atoms with van der Waals surface area (Å²) < 4.78 is 14.6. The van der Waals surface area contributed by atoms with Crippen molar-refractivity contribution in [2.75, 3.05) is 114 Å². The maximum atomic E-state index is 12.2. The van der Waals surface area contributed by atoms with Crippen molar-refractivity contribution in [1.82, 2.24) is 59.7 Å². The van der Waals surface area contributed by atoms with E-state index in [0.717, 1.165) is 65.7 Å². The summed E-state index contributed by atoms with van der Waals surface area (Å²) in [6.07, 6.45) is 5.58. The Bertz CT molecular complexity index is 3180. The van der Waals surface area contributed by atoms with Crippen LogP contribution >= 0.6 is 11.6 Å². The molecule has 0 radical (unpaired) electrons. The Morgan fingerprint density at radius 1 is 0.644 bits per heavy atom. The van der Waals surface area contributed by atoms with Gasteiger partial charge in [0.1, 0.15) is 22.5 Å². The van der Waals surface area contributed by atoms with Crippen LogP contribution < -0.4 is 41.0 Å². The number of hydrogen-bond acceptors (Lipinski definition) is 19. The van der Waals surface area contributed by atoms with Crippen molar-refractivity contribution < 1.29 is 19.1 Å². The number of methoxy groups -OCH3 is 2. The number of fused-ring (bicyclic) bond motifs is 2. The predicted octanol–water partition coefficient (Wildman–Crippen LogP) is 6.57. The molecule has 0 bridgehead atoms. The Morgan fingerprint density at radius 3 is 1.55 bits per heavy atom. The first-order valence-electron chi connectivity index (χ1n) is 22.6. The zero-order valence-corrected chi connectivity index (χ0v) is 42.7. The van der Waals surface area contributed by atoms with Crippen molar-refractivity contribution >= 4 is 90.8 Å². The molecule has 1 amide bonds. The van der Waals surface area contributed by atoms with E-state index in [1.165, 1.54) is 6.08 Å². The zero-order chi connectivity index (χ0) is 52.6. The van der Waals surface area contributed by atoms with Crippen LogP contribution in [-0.2, 0) is 9.59 Å². The average Bonchev–Trinajstić information content (AvgIpc) is 4.03. The molecular formula is C50H59ClN18O4. The Kier molecular flexibility index (Phi) is 18.7. The van der Waals surface area contributed by atoms with Gasteiger partial charge in [-0.3, -0.25) is 9.59 Å². The van der Waals surface area contributed by atoms with Gasteiger partial charge in [-0.15, -0.1) is 10.2 Å². The van der Waals surface area contributed by atoms with Gasteiger partial charge in [0, 0.05) is 76.9 Å². The third kappa shape index (κ3) is 14.2. The van der Waals surface area contributed by atoms with E-state index in [1.807, 2.05) is 109 Å². The summed E-state index contributed by atoms with van der Waals surface area (Å²) in [5, 5.41) is 25.6. The van der Waals surface area contributed by atoms with Gasteiger partial charge in [0.2, 0.25) is 23.0 Å². The molecule has 8 aromatic rings. The average molecular weight is 1010 g/mol. The fourth-order valence-corrected chi connectivity index (χ4v) is 6.93. The monoisotopic (exact) mass is 1010 g/mol. The van der Waals surface area contributed by atoms with Gasteiger partial charge in [0.25, 0.3) is 0 Å². The van der Waals surface area contributed by atoms with E-state index in [0.29, 0.717) is 57.8 Å². The zero-order valence-electron chi connectivity index (χ0n) is 42.0. The van der Waals surface area contributed by atoms with Crippen molar-refractivity contribution in [3.05, 3.63) is 123 Å². The number of ether oxygens (including phenoxy) is 2. The van der Waals surface area contributed by atoms with Gasteiger partial charge in [-0.1, -0.05) is 47.9 Å². The van der Waals surface area contributed by atoms with E-state index in [-0.39, 0.29) is 5.91 Å². The first kappa shape index (κ1) is 53.6. The molecular weight excluding hydrogens is 952 g/mol. The molecule has 0 aliphatic rings. The number of hydrogen-bond donors (Lipinski definition) is 4. The SMILES string of the molecule is C=CC(=O)Cl.C=CC(=O)Nc1cc(Nc2nccc(-n3nnc4ccccc43)n2)c(OC)cc1N(C)CCN(C)C.COc1cc(N(C)CCN(C)C)c(N)cc1Nc1nccc(-n2nnc3ccccc32)n1. The van der Waals surface area contributed by atoms with E-state index in [2.05, 4.69) is 89.3 Å². The Labute approximate surface area is 428 Å². The van der Waals surface area contributed by atoms with Gasteiger partial charge < -0.3 is 50.8 Å². The molecule has 8 rings (SSSR count). The molecule has 0 aliphatic heterocycles. The minimum atomic E-state index is -0.509. The van der Waals surface area contributed by atoms with Gasteiger partial charge in [-0.2, -0.15) is 19.3 Å². The number of carbonyl (C=O) groups excluding carboxylic acids is 2. The molecule has 73 heavy (non-hydrogen) atoms. The van der Waals surface area contributed by atoms with Crippen molar-refractivity contribution in [1.29, 1.82) is 0 Å². The van der Waals surface area contributed by atoms with E-state index in [4.69, 9.17) is 26.8 Å². The van der Waals surface area contributed by atoms with Gasteiger partial charge in [0.15, 0.2) is 11.6 Å². The maximum Gasteiger partial charge on any atom is 0.247 e. The van der Waals surface area contributed by atoms with Gasteiger partial charge >= 0.3 is 0 Å². The van der Waals surface area contributed by atoms with Crippen molar-refractivity contribution in [2.45, 2.75) is 0 Å². The van der Waals surface area contributed by atoms with Crippen LogP contribution in [0.3, 0.4) is 0 Å². The Balaban J connectivity index is 0.000000219. The summed E-state index contributed by atoms with van der Waals surface area (Å²) in [6.45, 7) is 9.98. The number of halogens is 1. The number of rotatable bonds is 19. The number of nitrogens with zero attached hydrogens (tertiary/aromatic N) is 14. The minimum Gasteiger partial charge on any atom is -0.494 e. The fourth-order valence-electron chi connectivity index (χ4n) is 6.93. The summed E-state index contributed by atoms with van der Waals surface area (Å²) in [5.74, 6) is 2.78. The Morgan fingerprint density at radius 2 is 1.10 bits per heavy atom. The lowest BCUT2D eigenvalue weighted by atomic mass is 10.2. The predicted molar refractivity (Wildman–Crippen MR) is 289 cm³/mol. The lowest BCUT2D eigenvalue weighted by Crippen LogP contribution is -2.29. The third-order valence-electron chi connectivity index (χ3n) is 10.8. The van der Waals surface area contributed by atoms with Crippen LogP contribution in [0.2, 0.25) is 0 Å². The number of aromatic nitrogens is 10. The minimum absolute atomic E-state index is 0.315. The maximum absolute atomic E-state index is 12.2. The first-order valence-corrected chi connectivity index (χ1v) is 23.0. The second kappa shape index (κ2) is 25.4. The topological polar surface area (TPSA) is 241 Å². The molecule has 22 nitrogen and oxygen atoms in total. The van der Waals surface area contributed by atoms with E-state index in [9.17, 15) is 9.59 Å². The molecule has 0 atom stereocenters. The van der Waals surface area contributed by atoms with Crippen LogP contribution in [0.5, 0.6) is 11.5 Å². The third-order valence-corrected chi connectivity index (χ3v) is 10.9. The van der Waals surface area contributed by atoms with Crippen molar-refractivity contribution in [3.63, 3.8) is 0 Å². The molecule has 380 valence electrons. The van der Waals surface area contributed by atoms with Crippen molar-refractivity contribution in [3.8, 4) is 23.1 Å². The molecule has 0 aliphatic carbocycles. The number of anilines is 8. The van der Waals surface area contributed by atoms with E-state index >= 15 is 0 Å². The number of para-hydroxylation sites is 2. The highest BCUT2D eigenvalue weighted by Gasteiger charge is 2.18. The number of benzene rings is 4. The van der Waals surface area contributed by atoms with E-state index in [1.54, 1.807) is 54.2 Å². The summed E-state index contributed by atoms with van der Waals surface area (Å²) in [4.78, 5) is 47.9. The first-order chi connectivity index (χ1) is 35.1. The van der Waals surface area contributed by atoms with Crippen LogP contribution in [0.4, 0.5) is 46.0 Å². The molecule has 4 aromatic carbocycles. The van der Waals surface area contributed by atoms with Crippen LogP contribution in [0, 0.1) is 0 Å². The van der Waals surface area contributed by atoms with E-state index < -0.39 is 5.24 Å². The summed E-state index contributed by atoms with van der Waals surface area (Å²) in [6, 6.07) is 26.3. The number of nitrogen functional groups attached to an aromatic ring is 1. The molecule has 23 heteroatoms. The smallest absolute Gasteiger partial charge is 0.247 e. The molecule has 4 aromatic heterocycles. The number of carbonyl (C=O) groups is 2. The molecule has 0 unspecified atom stereocenters. The highest BCUT2D eigenvalue weighted by molar-refractivity contribution is 6.66. The van der Waals surface area contributed by atoms with Crippen LogP contribution in [0.15, 0.2) is 123 Å². The second-order valence-electron chi connectivity index (χ2n) is 16.5. The fraction of sp³-hybridized carbons (Fsp3) is 0.240. The van der Waals surface area contributed by atoms with Crippen LogP contribution in [-0.4, -0.2) is 154 Å². The summed E-state index contributed by atoms with van der Waals surface area (Å²) in [5.41, 5.74) is 13.8.